The number of benzene rings is 3. The molecule has 3 aromatic carbocycles. The van der Waals surface area contributed by atoms with Gasteiger partial charge in [0, 0.05) is 27.3 Å². The van der Waals surface area contributed by atoms with Crippen LogP contribution in [0.5, 0.6) is 11.5 Å². The number of rotatable bonds is 7. The van der Waals surface area contributed by atoms with E-state index in [0.29, 0.717) is 39.7 Å². The van der Waals surface area contributed by atoms with Crippen molar-refractivity contribution in [3.63, 3.8) is 0 Å². The third kappa shape index (κ3) is 5.70. The van der Waals surface area contributed by atoms with E-state index < -0.39 is 0 Å². The number of ether oxygens (including phenoxy) is 2. The highest BCUT2D eigenvalue weighted by Crippen LogP contribution is 2.30. The van der Waals surface area contributed by atoms with Crippen molar-refractivity contribution >= 4 is 40.5 Å². The Morgan fingerprint density at radius 1 is 0.741 bits per heavy atom. The fraction of sp³-hybridized carbons (Fsp3) is 0.143. The minimum absolute atomic E-state index is 0.437. The number of halogens is 3. The molecule has 1 N–H and O–H groups in total. The molecule has 0 saturated carbocycles. The second-order valence-electron chi connectivity index (χ2n) is 5.91. The lowest BCUT2D eigenvalue weighted by atomic mass is 10.2. The van der Waals surface area contributed by atoms with Gasteiger partial charge in [-0.2, -0.15) is 0 Å². The summed E-state index contributed by atoms with van der Waals surface area (Å²) in [6.07, 6.45) is 0. The zero-order chi connectivity index (χ0) is 19.2. The molecule has 0 bridgehead atoms. The summed E-state index contributed by atoms with van der Waals surface area (Å²) < 4.78 is 11.3. The van der Waals surface area contributed by atoms with Crippen LogP contribution in [0.4, 0.5) is 5.69 Å². The minimum atomic E-state index is 0.437. The van der Waals surface area contributed by atoms with Gasteiger partial charge >= 0.3 is 0 Å². The van der Waals surface area contributed by atoms with E-state index in [-0.39, 0.29) is 0 Å². The first-order valence-electron chi connectivity index (χ1n) is 8.27. The summed E-state index contributed by atoms with van der Waals surface area (Å²) in [6.45, 7) is 1.04. The Hall–Kier alpha value is -2.07. The molecular formula is C21H18Cl3NO2. The predicted molar refractivity (Wildman–Crippen MR) is 113 cm³/mol. The average molecular weight is 423 g/mol. The van der Waals surface area contributed by atoms with Crippen LogP contribution in [0.1, 0.15) is 11.1 Å². The minimum Gasteiger partial charge on any atom is -0.493 e. The summed E-state index contributed by atoms with van der Waals surface area (Å²) >= 11 is 18.0. The standard InChI is InChI=1S/C21H18Cl3NO2/c1-26-21-8-15(12-25-19-10-17(23)9-18(24)11-19)4-7-20(21)27-13-14-2-5-16(22)6-3-14/h2-11,25H,12-13H2,1H3. The highest BCUT2D eigenvalue weighted by molar-refractivity contribution is 6.35. The van der Waals surface area contributed by atoms with Gasteiger partial charge in [-0.15, -0.1) is 0 Å². The second kappa shape index (κ2) is 9.23. The summed E-state index contributed by atoms with van der Waals surface area (Å²) in [4.78, 5) is 0. The Morgan fingerprint density at radius 3 is 2.07 bits per heavy atom. The average Bonchev–Trinajstić information content (AvgIpc) is 2.65. The summed E-state index contributed by atoms with van der Waals surface area (Å²) in [7, 11) is 1.62. The molecule has 0 radical (unpaired) electrons. The lowest BCUT2D eigenvalue weighted by Crippen LogP contribution is -2.02. The molecule has 0 amide bonds. The lowest BCUT2D eigenvalue weighted by Gasteiger charge is -2.13. The van der Waals surface area contributed by atoms with Crippen molar-refractivity contribution in [2.45, 2.75) is 13.2 Å². The fourth-order valence-corrected chi connectivity index (χ4v) is 3.19. The van der Waals surface area contributed by atoms with Crippen molar-refractivity contribution in [2.24, 2.45) is 0 Å². The Kier molecular flexibility index (Phi) is 6.73. The van der Waals surface area contributed by atoms with Crippen LogP contribution in [0.25, 0.3) is 0 Å². The Morgan fingerprint density at radius 2 is 1.41 bits per heavy atom. The van der Waals surface area contributed by atoms with E-state index in [4.69, 9.17) is 44.3 Å². The Bertz CT molecular complexity index is 894. The summed E-state index contributed by atoms with van der Waals surface area (Å²) in [5.74, 6) is 1.36. The molecule has 0 spiro atoms. The lowest BCUT2D eigenvalue weighted by molar-refractivity contribution is 0.284. The molecule has 0 saturated heterocycles. The van der Waals surface area contributed by atoms with Crippen molar-refractivity contribution < 1.29 is 9.47 Å². The third-order valence-electron chi connectivity index (χ3n) is 3.89. The van der Waals surface area contributed by atoms with Gasteiger partial charge in [0.15, 0.2) is 11.5 Å². The van der Waals surface area contributed by atoms with Crippen LogP contribution in [-0.4, -0.2) is 7.11 Å². The molecule has 3 aromatic rings. The van der Waals surface area contributed by atoms with Gasteiger partial charge in [-0.05, 0) is 53.6 Å². The van der Waals surface area contributed by atoms with Gasteiger partial charge in [-0.1, -0.05) is 53.0 Å². The zero-order valence-corrected chi connectivity index (χ0v) is 16.9. The van der Waals surface area contributed by atoms with Crippen LogP contribution < -0.4 is 14.8 Å². The normalized spacial score (nSPS) is 10.5. The van der Waals surface area contributed by atoms with Crippen molar-refractivity contribution in [1.29, 1.82) is 0 Å². The maximum Gasteiger partial charge on any atom is 0.161 e. The fourth-order valence-electron chi connectivity index (χ4n) is 2.54. The highest BCUT2D eigenvalue weighted by atomic mass is 35.5. The SMILES string of the molecule is COc1cc(CNc2cc(Cl)cc(Cl)c2)ccc1OCc1ccc(Cl)cc1. The first kappa shape index (κ1) is 19.7. The molecule has 0 heterocycles. The number of methoxy groups -OCH3 is 1. The van der Waals surface area contributed by atoms with Gasteiger partial charge < -0.3 is 14.8 Å². The second-order valence-corrected chi connectivity index (χ2v) is 7.22. The van der Waals surface area contributed by atoms with Gasteiger partial charge in [0.25, 0.3) is 0 Å². The predicted octanol–water partition coefficient (Wildman–Crippen LogP) is 6.85. The van der Waals surface area contributed by atoms with Crippen LogP contribution in [-0.2, 0) is 13.2 Å². The van der Waals surface area contributed by atoms with E-state index in [2.05, 4.69) is 5.32 Å². The van der Waals surface area contributed by atoms with Crippen LogP contribution in [0.15, 0.2) is 60.7 Å². The summed E-state index contributed by atoms with van der Waals surface area (Å²) in [5.41, 5.74) is 2.93. The van der Waals surface area contributed by atoms with E-state index in [9.17, 15) is 0 Å². The number of hydrogen-bond acceptors (Lipinski definition) is 3. The molecule has 140 valence electrons. The molecule has 0 aliphatic heterocycles. The topological polar surface area (TPSA) is 30.5 Å². The summed E-state index contributed by atoms with van der Waals surface area (Å²) in [5, 5.41) is 5.18. The Labute approximate surface area is 173 Å². The molecule has 27 heavy (non-hydrogen) atoms. The van der Waals surface area contributed by atoms with Gasteiger partial charge in [0.2, 0.25) is 0 Å². The van der Waals surface area contributed by atoms with Crippen molar-refractivity contribution in [2.75, 3.05) is 12.4 Å². The third-order valence-corrected chi connectivity index (χ3v) is 4.58. The van der Waals surface area contributed by atoms with E-state index in [1.165, 1.54) is 0 Å². The largest absolute Gasteiger partial charge is 0.493 e. The molecule has 0 unspecified atom stereocenters. The number of hydrogen-bond donors (Lipinski definition) is 1. The first-order chi connectivity index (χ1) is 13.0. The molecule has 0 aliphatic rings. The van der Waals surface area contributed by atoms with E-state index in [1.54, 1.807) is 13.2 Å². The molecule has 0 atom stereocenters. The first-order valence-corrected chi connectivity index (χ1v) is 9.41. The maximum atomic E-state index is 6.03. The molecule has 0 aliphatic carbocycles. The molecule has 0 aromatic heterocycles. The van der Waals surface area contributed by atoms with E-state index >= 15 is 0 Å². The van der Waals surface area contributed by atoms with Gasteiger partial charge in [0.1, 0.15) is 6.61 Å². The quantitative estimate of drug-likeness (QED) is 0.452. The maximum absolute atomic E-state index is 6.03. The molecule has 6 heteroatoms. The van der Waals surface area contributed by atoms with Crippen LogP contribution >= 0.6 is 34.8 Å². The number of nitrogens with one attached hydrogen (secondary N) is 1. The van der Waals surface area contributed by atoms with Crippen molar-refractivity contribution in [1.82, 2.24) is 0 Å². The smallest absolute Gasteiger partial charge is 0.161 e. The highest BCUT2D eigenvalue weighted by Gasteiger charge is 2.07. The Balaban J connectivity index is 1.65. The van der Waals surface area contributed by atoms with Crippen molar-refractivity contribution in [3.05, 3.63) is 86.9 Å². The van der Waals surface area contributed by atoms with Gasteiger partial charge in [0.05, 0.1) is 7.11 Å². The number of anilines is 1. The van der Waals surface area contributed by atoms with Gasteiger partial charge in [-0.3, -0.25) is 0 Å². The van der Waals surface area contributed by atoms with Crippen LogP contribution in [0.2, 0.25) is 15.1 Å². The van der Waals surface area contributed by atoms with Gasteiger partial charge in [-0.25, -0.2) is 0 Å². The van der Waals surface area contributed by atoms with Crippen LogP contribution in [0, 0.1) is 0 Å². The molecule has 3 rings (SSSR count). The molecule has 3 nitrogen and oxygen atoms in total. The van der Waals surface area contributed by atoms with E-state index in [0.717, 1.165) is 16.8 Å². The van der Waals surface area contributed by atoms with Crippen molar-refractivity contribution in [3.8, 4) is 11.5 Å². The monoisotopic (exact) mass is 421 g/mol. The zero-order valence-electron chi connectivity index (χ0n) is 14.6. The van der Waals surface area contributed by atoms with Crippen LogP contribution in [0.3, 0.4) is 0 Å². The molecular weight excluding hydrogens is 405 g/mol. The van der Waals surface area contributed by atoms with E-state index in [1.807, 2.05) is 54.6 Å². The molecule has 0 fully saturated rings. The summed E-state index contributed by atoms with van der Waals surface area (Å²) in [6, 6.07) is 18.7.